The van der Waals surface area contributed by atoms with Crippen LogP contribution in [0.4, 0.5) is 0 Å². The van der Waals surface area contributed by atoms with Crippen LogP contribution in [-0.2, 0) is 19.1 Å². The van der Waals surface area contributed by atoms with Crippen LogP contribution in [0.15, 0.2) is 11.6 Å². The lowest BCUT2D eigenvalue weighted by molar-refractivity contribution is -0.214. The summed E-state index contributed by atoms with van der Waals surface area (Å²) in [5, 5.41) is 21.5. The molecule has 6 rings (SSSR count). The van der Waals surface area contributed by atoms with Gasteiger partial charge in [0.15, 0.2) is 0 Å². The number of esters is 2. The zero-order chi connectivity index (χ0) is 27.7. The Morgan fingerprint density at radius 3 is 2.42 bits per heavy atom. The number of allylic oxidation sites excluding steroid dienone is 1. The zero-order valence-corrected chi connectivity index (χ0v) is 24.4. The molecule has 5 aliphatic carbocycles. The average molecular weight is 529 g/mol. The maximum Gasteiger partial charge on any atom is 0.313 e. The third kappa shape index (κ3) is 2.97. The van der Waals surface area contributed by atoms with E-state index in [-0.39, 0.29) is 58.3 Å². The van der Waals surface area contributed by atoms with Gasteiger partial charge in [-0.25, -0.2) is 0 Å². The van der Waals surface area contributed by atoms with Crippen LogP contribution in [0, 0.1) is 50.2 Å². The van der Waals surface area contributed by atoms with E-state index < -0.39 is 16.9 Å². The van der Waals surface area contributed by atoms with Crippen LogP contribution in [0.5, 0.6) is 0 Å². The number of aliphatic hydroxyl groups excluding tert-OH is 2. The first-order valence-corrected chi connectivity index (χ1v) is 15.0. The van der Waals surface area contributed by atoms with Gasteiger partial charge in [0, 0.05) is 30.6 Å². The summed E-state index contributed by atoms with van der Waals surface area (Å²) in [5.41, 5.74) is -0.254. The standard InChI is InChI=1S/C32H48O6/c1-18(34)37-24-15-32-16-25(38-26(32)36)31(7)19(20(32)14-28(24,4)17-33)8-9-22-29(5)12-11-23(35)27(2,3)21(29)10-13-30(22,31)6/h8,20-25,33,35H,9-17H2,1-7H3/t20-,21-,22+,23-,24-,25+,28-,29-,30+,31-,32-/m0/s1. The molecule has 0 aromatic carbocycles. The Hall–Kier alpha value is -1.40. The SMILES string of the molecule is CC(=O)O[C@H]1C[C@@]23C[C@@H](OC2=O)[C@]2(C)C(=CC[C@@H]4[C@@]5(C)CC[C@H](O)C(C)(C)[C@@H]5CC[C@]42C)[C@@H]3C[C@@]1(C)CO. The van der Waals surface area contributed by atoms with Gasteiger partial charge in [-0.15, -0.1) is 0 Å². The van der Waals surface area contributed by atoms with Crippen LogP contribution in [0.3, 0.4) is 0 Å². The van der Waals surface area contributed by atoms with Crippen molar-refractivity contribution in [3.05, 3.63) is 11.6 Å². The Morgan fingerprint density at radius 1 is 1.05 bits per heavy atom. The second kappa shape index (κ2) is 7.87. The zero-order valence-electron chi connectivity index (χ0n) is 24.4. The molecule has 1 aliphatic heterocycles. The second-order valence-electron chi connectivity index (χ2n) is 15.7. The van der Waals surface area contributed by atoms with E-state index in [1.54, 1.807) is 0 Å². The van der Waals surface area contributed by atoms with Crippen molar-refractivity contribution in [1.29, 1.82) is 0 Å². The normalized spacial score (nSPS) is 54.4. The van der Waals surface area contributed by atoms with E-state index in [0.717, 1.165) is 32.1 Å². The van der Waals surface area contributed by atoms with E-state index in [4.69, 9.17) is 9.47 Å². The predicted molar refractivity (Wildman–Crippen MR) is 143 cm³/mol. The number of aliphatic hydroxyl groups is 2. The van der Waals surface area contributed by atoms with Gasteiger partial charge in [-0.3, -0.25) is 9.59 Å². The van der Waals surface area contributed by atoms with Crippen LogP contribution < -0.4 is 0 Å². The quantitative estimate of drug-likeness (QED) is 0.378. The van der Waals surface area contributed by atoms with Crippen LogP contribution in [0.2, 0.25) is 0 Å². The summed E-state index contributed by atoms with van der Waals surface area (Å²) in [4.78, 5) is 25.8. The molecular formula is C32H48O6. The summed E-state index contributed by atoms with van der Waals surface area (Å²) in [5.74, 6) is 0.383. The first-order valence-electron chi connectivity index (χ1n) is 15.0. The van der Waals surface area contributed by atoms with Gasteiger partial charge in [-0.05, 0) is 72.5 Å². The van der Waals surface area contributed by atoms with Crippen molar-refractivity contribution < 1.29 is 29.3 Å². The molecule has 6 aliphatic rings. The van der Waals surface area contributed by atoms with Gasteiger partial charge < -0.3 is 19.7 Å². The van der Waals surface area contributed by atoms with Crippen LogP contribution in [-0.4, -0.2) is 47.1 Å². The molecule has 0 unspecified atom stereocenters. The molecule has 6 nitrogen and oxygen atoms in total. The molecule has 0 aromatic heterocycles. The summed E-state index contributed by atoms with van der Waals surface area (Å²) in [6, 6.07) is 0. The maximum absolute atomic E-state index is 13.8. The Labute approximate surface area is 227 Å². The number of hydrogen-bond donors (Lipinski definition) is 2. The fraction of sp³-hybridized carbons (Fsp3) is 0.875. The fourth-order valence-electron chi connectivity index (χ4n) is 11.5. The van der Waals surface area contributed by atoms with Crippen molar-refractivity contribution in [1.82, 2.24) is 0 Å². The number of hydrogen-bond acceptors (Lipinski definition) is 6. The van der Waals surface area contributed by atoms with Gasteiger partial charge in [0.1, 0.15) is 12.2 Å². The van der Waals surface area contributed by atoms with Gasteiger partial charge in [0.25, 0.3) is 0 Å². The lowest BCUT2D eigenvalue weighted by Gasteiger charge is -2.70. The molecule has 1 saturated heterocycles. The summed E-state index contributed by atoms with van der Waals surface area (Å²) in [7, 11) is 0. The molecule has 1 spiro atoms. The molecule has 0 radical (unpaired) electrons. The number of ether oxygens (including phenoxy) is 2. The first kappa shape index (κ1) is 26.8. The summed E-state index contributed by atoms with van der Waals surface area (Å²) in [6.07, 6.45) is 8.21. The van der Waals surface area contributed by atoms with Gasteiger partial charge in [0.2, 0.25) is 0 Å². The molecular weight excluding hydrogens is 480 g/mol. The van der Waals surface area contributed by atoms with Gasteiger partial charge in [-0.1, -0.05) is 53.2 Å². The first-order chi connectivity index (χ1) is 17.6. The van der Waals surface area contributed by atoms with E-state index >= 15 is 0 Å². The topological polar surface area (TPSA) is 93.1 Å². The highest BCUT2D eigenvalue weighted by molar-refractivity contribution is 5.82. The van der Waals surface area contributed by atoms with E-state index in [2.05, 4.69) is 40.7 Å². The summed E-state index contributed by atoms with van der Waals surface area (Å²) < 4.78 is 12.2. The van der Waals surface area contributed by atoms with Crippen molar-refractivity contribution in [3.63, 3.8) is 0 Å². The number of carbonyl (C=O) groups excluding carboxylic acids is 2. The molecule has 2 bridgehead atoms. The van der Waals surface area contributed by atoms with Crippen molar-refractivity contribution >= 4 is 11.9 Å². The largest absolute Gasteiger partial charge is 0.462 e. The van der Waals surface area contributed by atoms with Crippen LogP contribution in [0.1, 0.15) is 99.8 Å². The molecule has 212 valence electrons. The molecule has 4 saturated carbocycles. The van der Waals surface area contributed by atoms with E-state index in [9.17, 15) is 19.8 Å². The fourth-order valence-corrected chi connectivity index (χ4v) is 11.5. The van der Waals surface area contributed by atoms with Crippen molar-refractivity contribution in [2.75, 3.05) is 6.61 Å². The van der Waals surface area contributed by atoms with E-state index in [0.29, 0.717) is 31.1 Å². The lowest BCUT2D eigenvalue weighted by Crippen LogP contribution is -2.67. The predicted octanol–water partition coefficient (Wildman–Crippen LogP) is 5.20. The minimum Gasteiger partial charge on any atom is -0.462 e. The Balaban J connectivity index is 1.46. The molecule has 1 heterocycles. The van der Waals surface area contributed by atoms with Crippen LogP contribution >= 0.6 is 0 Å². The highest BCUT2D eigenvalue weighted by atomic mass is 16.6. The molecule has 0 aromatic rings. The average Bonchev–Trinajstić information content (AvgIpc) is 3.13. The van der Waals surface area contributed by atoms with Gasteiger partial charge >= 0.3 is 11.9 Å². The second-order valence-corrected chi connectivity index (χ2v) is 15.7. The Bertz CT molecular complexity index is 1100. The molecule has 6 heteroatoms. The molecule has 5 fully saturated rings. The number of rotatable bonds is 2. The molecule has 0 amide bonds. The molecule has 38 heavy (non-hydrogen) atoms. The summed E-state index contributed by atoms with van der Waals surface area (Å²) >= 11 is 0. The molecule has 11 atom stereocenters. The highest BCUT2D eigenvalue weighted by Gasteiger charge is 2.76. The van der Waals surface area contributed by atoms with Gasteiger partial charge in [0.05, 0.1) is 18.1 Å². The Morgan fingerprint density at radius 2 is 1.76 bits per heavy atom. The number of fused-ring (bicyclic) bond motifs is 8. The lowest BCUT2D eigenvalue weighted by atomic mass is 9.33. The maximum atomic E-state index is 13.8. The van der Waals surface area contributed by atoms with Gasteiger partial charge in [-0.2, -0.15) is 0 Å². The van der Waals surface area contributed by atoms with Crippen LogP contribution in [0.25, 0.3) is 0 Å². The number of carbonyl (C=O) groups is 2. The Kier molecular flexibility index (Phi) is 5.55. The molecule has 2 N–H and O–H groups in total. The van der Waals surface area contributed by atoms with E-state index in [1.807, 2.05) is 6.92 Å². The third-order valence-electron chi connectivity index (χ3n) is 13.9. The smallest absolute Gasteiger partial charge is 0.313 e. The van der Waals surface area contributed by atoms with Crippen molar-refractivity contribution in [3.8, 4) is 0 Å². The summed E-state index contributed by atoms with van der Waals surface area (Å²) in [6.45, 7) is 15.2. The minimum atomic E-state index is -0.688. The minimum absolute atomic E-state index is 0.0179. The highest BCUT2D eigenvalue weighted by Crippen LogP contribution is 2.77. The van der Waals surface area contributed by atoms with Crippen molar-refractivity contribution in [2.45, 2.75) is 118 Å². The monoisotopic (exact) mass is 528 g/mol. The third-order valence-corrected chi connectivity index (χ3v) is 13.9. The van der Waals surface area contributed by atoms with Crippen molar-refractivity contribution in [2.24, 2.45) is 50.2 Å². The van der Waals surface area contributed by atoms with E-state index in [1.165, 1.54) is 12.5 Å².